The Labute approximate surface area is 252 Å². The second-order valence-corrected chi connectivity index (χ2v) is 13.2. The molecule has 0 bridgehead atoms. The molecular weight excluding hydrogens is 580 g/mol. The van der Waals surface area contributed by atoms with Crippen LogP contribution in [-0.4, -0.2) is 38.5 Å². The second kappa shape index (κ2) is 14.8. The van der Waals surface area contributed by atoms with Crippen LogP contribution in [0.15, 0.2) is 63.9 Å². The van der Waals surface area contributed by atoms with Gasteiger partial charge in [-0.25, -0.2) is 0 Å². The van der Waals surface area contributed by atoms with Crippen molar-refractivity contribution in [3.8, 4) is 17.1 Å². The lowest BCUT2D eigenvalue weighted by molar-refractivity contribution is -0.121. The Morgan fingerprint density at radius 1 is 1.12 bits per heavy atom. The molecule has 0 radical (unpaired) electrons. The summed E-state index contributed by atoms with van der Waals surface area (Å²) in [7, 11) is 3.96. The number of hydrogen-bond donors (Lipinski definition) is 1. The van der Waals surface area contributed by atoms with Gasteiger partial charge in [0.15, 0.2) is 5.43 Å². The number of hydrogen-bond acceptors (Lipinski definition) is 8. The van der Waals surface area contributed by atoms with Crippen molar-refractivity contribution in [2.24, 2.45) is 0 Å². The first-order valence-corrected chi connectivity index (χ1v) is 16.7. The van der Waals surface area contributed by atoms with Gasteiger partial charge in [0.1, 0.15) is 22.8 Å². The summed E-state index contributed by atoms with van der Waals surface area (Å²) in [5.41, 5.74) is 1.93. The van der Waals surface area contributed by atoms with Crippen molar-refractivity contribution in [1.29, 1.82) is 0 Å². The van der Waals surface area contributed by atoms with Gasteiger partial charge in [-0.05, 0) is 74.6 Å². The van der Waals surface area contributed by atoms with Crippen LogP contribution in [0.3, 0.4) is 0 Å². The summed E-state index contributed by atoms with van der Waals surface area (Å²) in [5, 5.41) is 13.0. The maximum Gasteiger partial charge on any atom is 0.220 e. The third-order valence-corrected chi connectivity index (χ3v) is 10.1. The fourth-order valence-electron chi connectivity index (χ4n) is 4.58. The highest BCUT2D eigenvalue weighted by Gasteiger charge is 2.16. The van der Waals surface area contributed by atoms with Crippen molar-refractivity contribution >= 4 is 50.1 Å². The number of halogens is 1. The summed E-state index contributed by atoms with van der Waals surface area (Å²) in [5.74, 6) is 2.58. The van der Waals surface area contributed by atoms with Crippen LogP contribution in [0.4, 0.5) is 0 Å². The smallest absolute Gasteiger partial charge is 0.220 e. The molecule has 1 amide bonds. The van der Waals surface area contributed by atoms with Crippen LogP contribution < -0.4 is 15.5 Å². The molecule has 1 saturated heterocycles. The van der Waals surface area contributed by atoms with E-state index in [9.17, 15) is 9.59 Å². The number of unbranched alkanes of at least 4 members (excludes halogenated alkanes) is 2. The van der Waals surface area contributed by atoms with E-state index in [1.165, 1.54) is 24.7 Å². The monoisotopic (exact) mass is 612 g/mol. The second-order valence-electron chi connectivity index (χ2n) is 10.0. The van der Waals surface area contributed by atoms with Gasteiger partial charge in [-0.15, -0.1) is 5.10 Å². The number of amides is 1. The quantitative estimate of drug-likeness (QED) is 0.121. The van der Waals surface area contributed by atoms with Crippen LogP contribution in [0, 0.1) is 0 Å². The summed E-state index contributed by atoms with van der Waals surface area (Å²) in [4.78, 5) is 24.6. The number of aromatic nitrogens is 3. The Balaban J connectivity index is 0.975. The van der Waals surface area contributed by atoms with Crippen molar-refractivity contribution < 1.29 is 13.9 Å². The summed E-state index contributed by atoms with van der Waals surface area (Å²) < 4.78 is 13.6. The number of ether oxygens (including phenoxy) is 1. The molecule has 1 unspecified atom stereocenters. The van der Waals surface area contributed by atoms with Crippen LogP contribution in [0.5, 0.6) is 5.75 Å². The number of nitrogens with one attached hydrogen (secondary N) is 1. The Kier molecular flexibility index (Phi) is 10.7. The van der Waals surface area contributed by atoms with Gasteiger partial charge in [0.25, 0.3) is 0 Å². The molecule has 0 aliphatic carbocycles. The summed E-state index contributed by atoms with van der Waals surface area (Å²) in [6, 6.07) is 14.0. The molecule has 11 heteroatoms. The van der Waals surface area contributed by atoms with Crippen molar-refractivity contribution in [2.75, 3.05) is 12.4 Å². The van der Waals surface area contributed by atoms with E-state index in [0.717, 1.165) is 54.5 Å². The number of carbonyl (C=O) groups is 1. The van der Waals surface area contributed by atoms with E-state index in [1.807, 2.05) is 52.1 Å². The largest absolute Gasteiger partial charge is 0.494 e. The van der Waals surface area contributed by atoms with E-state index < -0.39 is 0 Å². The van der Waals surface area contributed by atoms with Crippen LogP contribution in [0.2, 0.25) is 5.02 Å². The number of carbonyl (C=O) groups excluding carboxylic acids is 1. The predicted octanol–water partition coefficient (Wildman–Crippen LogP) is 6.89. The SMILES string of the molecule is O=C(CCCCC1CCSS1)NCc1cn(CCCCOc2ccc(-c3cc(=O)c4cc(Cl)ccc4o3)cc2)nn1. The average Bonchev–Trinajstić information content (AvgIpc) is 3.67. The highest BCUT2D eigenvalue weighted by Crippen LogP contribution is 2.39. The third-order valence-electron chi connectivity index (χ3n) is 6.84. The predicted molar refractivity (Wildman–Crippen MR) is 166 cm³/mol. The summed E-state index contributed by atoms with van der Waals surface area (Å²) in [6.07, 6.45) is 8.74. The summed E-state index contributed by atoms with van der Waals surface area (Å²) >= 11 is 5.99. The minimum Gasteiger partial charge on any atom is -0.494 e. The van der Waals surface area contributed by atoms with E-state index in [1.54, 1.807) is 22.9 Å². The van der Waals surface area contributed by atoms with Crippen molar-refractivity contribution in [2.45, 2.75) is 63.3 Å². The number of aryl methyl sites for hydroxylation is 1. The van der Waals surface area contributed by atoms with Gasteiger partial charge in [0, 0.05) is 40.6 Å². The molecule has 8 nitrogen and oxygen atoms in total. The Morgan fingerprint density at radius 3 is 2.83 bits per heavy atom. The summed E-state index contributed by atoms with van der Waals surface area (Å²) in [6.45, 7) is 1.71. The maximum atomic E-state index is 12.5. The molecule has 3 heterocycles. The van der Waals surface area contributed by atoms with Crippen LogP contribution in [-0.2, 0) is 17.9 Å². The number of fused-ring (bicyclic) bond motifs is 1. The topological polar surface area (TPSA) is 99.2 Å². The zero-order valence-corrected chi connectivity index (χ0v) is 25.1. The fraction of sp³-hybridized carbons (Fsp3) is 0.400. The average molecular weight is 613 g/mol. The third kappa shape index (κ3) is 8.77. The molecule has 1 N–H and O–H groups in total. The molecule has 1 fully saturated rings. The molecule has 0 spiro atoms. The molecule has 41 heavy (non-hydrogen) atoms. The van der Waals surface area contributed by atoms with Crippen LogP contribution in [0.1, 0.15) is 50.6 Å². The molecule has 0 saturated carbocycles. The molecule has 1 aliphatic rings. The maximum absolute atomic E-state index is 12.5. The van der Waals surface area contributed by atoms with Crippen molar-refractivity contribution in [3.05, 3.63) is 75.7 Å². The molecule has 216 valence electrons. The molecule has 1 atom stereocenters. The van der Waals surface area contributed by atoms with E-state index in [-0.39, 0.29) is 11.3 Å². The number of nitrogens with zero attached hydrogens (tertiary/aromatic N) is 3. The van der Waals surface area contributed by atoms with E-state index >= 15 is 0 Å². The number of benzene rings is 2. The first-order chi connectivity index (χ1) is 20.0. The molecular formula is C30H33ClN4O4S2. The van der Waals surface area contributed by atoms with Gasteiger partial charge in [0.05, 0.1) is 24.7 Å². The van der Waals surface area contributed by atoms with Gasteiger partial charge in [-0.3, -0.25) is 14.3 Å². The molecule has 2 aromatic heterocycles. The minimum atomic E-state index is -0.132. The van der Waals surface area contributed by atoms with Crippen LogP contribution in [0.25, 0.3) is 22.3 Å². The molecule has 4 aromatic rings. The van der Waals surface area contributed by atoms with Gasteiger partial charge in [-0.2, -0.15) is 0 Å². The Hall–Kier alpha value is -2.95. The van der Waals surface area contributed by atoms with E-state index in [0.29, 0.717) is 41.3 Å². The minimum absolute atomic E-state index is 0.0744. The lowest BCUT2D eigenvalue weighted by atomic mass is 10.1. The Bertz CT molecular complexity index is 1500. The van der Waals surface area contributed by atoms with Gasteiger partial charge in [0.2, 0.25) is 5.91 Å². The Morgan fingerprint density at radius 2 is 2.00 bits per heavy atom. The first kappa shape index (κ1) is 29.5. The van der Waals surface area contributed by atoms with Crippen LogP contribution >= 0.6 is 33.2 Å². The van der Waals surface area contributed by atoms with Gasteiger partial charge in [-0.1, -0.05) is 44.8 Å². The van der Waals surface area contributed by atoms with Crippen molar-refractivity contribution in [3.63, 3.8) is 0 Å². The zero-order chi connectivity index (χ0) is 28.4. The normalized spacial score (nSPS) is 14.9. The standard InChI is InChI=1S/C30H33ClN4O4S2/c31-22-9-12-28-26(17-22)27(36)18-29(39-28)21-7-10-24(11-8-21)38-15-4-3-14-35-20-23(33-34-35)19-32-30(37)6-2-1-5-25-13-16-40-41-25/h7-12,17-18,20,25H,1-6,13-16,19H2,(H,32,37). The highest BCUT2D eigenvalue weighted by molar-refractivity contribution is 8.77. The molecule has 2 aromatic carbocycles. The van der Waals surface area contributed by atoms with Crippen molar-refractivity contribution in [1.82, 2.24) is 20.3 Å². The molecule has 5 rings (SSSR count). The zero-order valence-electron chi connectivity index (χ0n) is 22.7. The number of rotatable bonds is 14. The van der Waals surface area contributed by atoms with E-state index in [4.69, 9.17) is 20.8 Å². The lowest BCUT2D eigenvalue weighted by Crippen LogP contribution is -2.22. The fourth-order valence-corrected chi connectivity index (χ4v) is 7.78. The van der Waals surface area contributed by atoms with E-state index in [2.05, 4.69) is 15.6 Å². The van der Waals surface area contributed by atoms with Gasteiger partial charge >= 0.3 is 0 Å². The highest BCUT2D eigenvalue weighted by atomic mass is 35.5. The lowest BCUT2D eigenvalue weighted by Gasteiger charge is -2.08. The molecule has 1 aliphatic heterocycles. The van der Waals surface area contributed by atoms with Gasteiger partial charge < -0.3 is 14.5 Å². The first-order valence-electron chi connectivity index (χ1n) is 13.9.